The molecule has 0 saturated heterocycles. The zero-order valence-electron chi connectivity index (χ0n) is 11.8. The van der Waals surface area contributed by atoms with Crippen LogP contribution < -0.4 is 11.3 Å². The minimum absolute atomic E-state index is 0.0194. The lowest BCUT2D eigenvalue weighted by molar-refractivity contribution is 0.489. The molecular formula is C15H16BrF2N3. The highest BCUT2D eigenvalue weighted by atomic mass is 79.9. The maximum absolute atomic E-state index is 14.1. The maximum Gasteiger partial charge on any atom is 0.143 e. The van der Waals surface area contributed by atoms with Crippen molar-refractivity contribution < 1.29 is 8.78 Å². The molecular weight excluding hydrogens is 340 g/mol. The molecule has 0 amide bonds. The molecule has 112 valence electrons. The topological polar surface area (TPSA) is 50.9 Å². The first-order chi connectivity index (χ1) is 9.93. The Bertz CT molecular complexity index is 662. The Morgan fingerprint density at radius 3 is 2.67 bits per heavy atom. The number of hydrogen-bond acceptors (Lipinski definition) is 3. The second-order valence-corrected chi connectivity index (χ2v) is 5.81. The van der Waals surface area contributed by atoms with Gasteiger partial charge >= 0.3 is 0 Å². The van der Waals surface area contributed by atoms with Crippen molar-refractivity contribution in [1.82, 2.24) is 10.4 Å². The number of hydrogen-bond donors (Lipinski definition) is 2. The van der Waals surface area contributed by atoms with Crippen molar-refractivity contribution in [2.24, 2.45) is 5.84 Å². The van der Waals surface area contributed by atoms with Crippen molar-refractivity contribution in [2.75, 3.05) is 0 Å². The quantitative estimate of drug-likeness (QED) is 0.501. The number of rotatable bonds is 4. The van der Waals surface area contributed by atoms with Gasteiger partial charge in [0.1, 0.15) is 11.6 Å². The molecule has 0 aliphatic heterocycles. The molecule has 2 aromatic rings. The summed E-state index contributed by atoms with van der Waals surface area (Å²) < 4.78 is 28.1. The fourth-order valence-electron chi connectivity index (χ4n) is 2.29. The van der Waals surface area contributed by atoms with Crippen LogP contribution in [0.1, 0.15) is 28.4 Å². The summed E-state index contributed by atoms with van der Waals surface area (Å²) in [7, 11) is 0. The molecule has 0 saturated carbocycles. The molecule has 2 rings (SSSR count). The molecule has 0 radical (unpaired) electrons. The Balaban J connectivity index is 2.38. The van der Waals surface area contributed by atoms with Gasteiger partial charge in [-0.3, -0.25) is 16.3 Å². The predicted molar refractivity (Wildman–Crippen MR) is 81.5 cm³/mol. The first-order valence-corrected chi connectivity index (χ1v) is 7.25. The fraction of sp³-hybridized carbons (Fsp3) is 0.267. The molecule has 0 aliphatic carbocycles. The van der Waals surface area contributed by atoms with E-state index in [0.29, 0.717) is 5.69 Å². The summed E-state index contributed by atoms with van der Waals surface area (Å²) in [6, 6.07) is 4.06. The predicted octanol–water partition coefficient (Wildman–Crippen LogP) is 3.49. The van der Waals surface area contributed by atoms with Crippen LogP contribution in [-0.2, 0) is 6.42 Å². The highest BCUT2D eigenvalue weighted by Gasteiger charge is 2.20. The van der Waals surface area contributed by atoms with E-state index in [-0.39, 0.29) is 16.5 Å². The number of nitrogens with one attached hydrogen (secondary N) is 1. The van der Waals surface area contributed by atoms with Crippen molar-refractivity contribution in [1.29, 1.82) is 0 Å². The summed E-state index contributed by atoms with van der Waals surface area (Å²) >= 11 is 3.06. The van der Waals surface area contributed by atoms with Gasteiger partial charge in [0, 0.05) is 18.2 Å². The number of benzene rings is 1. The van der Waals surface area contributed by atoms with E-state index in [1.807, 2.05) is 19.9 Å². The second kappa shape index (κ2) is 6.60. The van der Waals surface area contributed by atoms with Gasteiger partial charge in [-0.15, -0.1) is 0 Å². The van der Waals surface area contributed by atoms with Gasteiger partial charge in [0.25, 0.3) is 0 Å². The number of nitrogens with zero attached hydrogens (tertiary/aromatic N) is 1. The normalized spacial score (nSPS) is 12.5. The van der Waals surface area contributed by atoms with E-state index in [4.69, 9.17) is 5.84 Å². The summed E-state index contributed by atoms with van der Waals surface area (Å²) in [4.78, 5) is 4.33. The SMILES string of the molecule is Cc1cnc(C(Cc2c(F)ccc(Br)c2F)NN)c(C)c1. The third-order valence-corrected chi connectivity index (χ3v) is 3.95. The van der Waals surface area contributed by atoms with E-state index in [1.165, 1.54) is 12.1 Å². The molecule has 0 spiro atoms. The zero-order valence-corrected chi connectivity index (χ0v) is 13.3. The van der Waals surface area contributed by atoms with Crippen molar-refractivity contribution in [3.63, 3.8) is 0 Å². The number of halogens is 3. The van der Waals surface area contributed by atoms with Crippen LogP contribution in [0.2, 0.25) is 0 Å². The minimum atomic E-state index is -0.611. The molecule has 0 aliphatic rings. The fourth-order valence-corrected chi connectivity index (χ4v) is 2.66. The number of aryl methyl sites for hydroxylation is 2. The van der Waals surface area contributed by atoms with Gasteiger partial charge in [0.2, 0.25) is 0 Å². The molecule has 21 heavy (non-hydrogen) atoms. The monoisotopic (exact) mass is 355 g/mol. The number of nitrogens with two attached hydrogens (primary N) is 1. The molecule has 0 bridgehead atoms. The lowest BCUT2D eigenvalue weighted by Gasteiger charge is -2.19. The lowest BCUT2D eigenvalue weighted by Crippen LogP contribution is -2.31. The molecule has 3 N–H and O–H groups in total. The summed E-state index contributed by atoms with van der Waals surface area (Å²) in [6.07, 6.45) is 1.78. The van der Waals surface area contributed by atoms with Crippen LogP contribution in [0.25, 0.3) is 0 Å². The third-order valence-electron chi connectivity index (χ3n) is 3.33. The smallest absolute Gasteiger partial charge is 0.143 e. The van der Waals surface area contributed by atoms with Gasteiger partial charge in [0.05, 0.1) is 16.2 Å². The first kappa shape index (κ1) is 16.0. The Kier molecular flexibility index (Phi) is 5.03. The van der Waals surface area contributed by atoms with Crippen LogP contribution in [0, 0.1) is 25.5 Å². The van der Waals surface area contributed by atoms with E-state index < -0.39 is 17.7 Å². The number of hydrazine groups is 1. The largest absolute Gasteiger partial charge is 0.271 e. The summed E-state index contributed by atoms with van der Waals surface area (Å²) in [6.45, 7) is 3.83. The highest BCUT2D eigenvalue weighted by molar-refractivity contribution is 9.10. The second-order valence-electron chi connectivity index (χ2n) is 4.96. The molecule has 1 heterocycles. The average Bonchev–Trinajstić information content (AvgIpc) is 2.44. The van der Waals surface area contributed by atoms with E-state index in [1.54, 1.807) is 6.20 Å². The Morgan fingerprint density at radius 1 is 1.33 bits per heavy atom. The van der Waals surface area contributed by atoms with E-state index >= 15 is 0 Å². The van der Waals surface area contributed by atoms with E-state index in [9.17, 15) is 8.78 Å². The van der Waals surface area contributed by atoms with Crippen LogP contribution in [0.3, 0.4) is 0 Å². The minimum Gasteiger partial charge on any atom is -0.271 e. The highest BCUT2D eigenvalue weighted by Crippen LogP contribution is 2.27. The standard InChI is InChI=1S/C15H16BrF2N3/c1-8-5-9(2)15(20-7-8)13(21-19)6-10-12(17)4-3-11(16)14(10)18/h3-5,7,13,21H,6,19H2,1-2H3. The Hall–Kier alpha value is -1.37. The molecule has 6 heteroatoms. The molecule has 1 aromatic carbocycles. The lowest BCUT2D eigenvalue weighted by atomic mass is 9.99. The summed E-state index contributed by atoms with van der Waals surface area (Å²) in [5.41, 5.74) is 5.20. The summed E-state index contributed by atoms with van der Waals surface area (Å²) in [5.74, 6) is 4.34. The number of aromatic nitrogens is 1. The van der Waals surface area contributed by atoms with Crippen LogP contribution in [0.15, 0.2) is 28.9 Å². The van der Waals surface area contributed by atoms with Crippen LogP contribution in [-0.4, -0.2) is 4.98 Å². The zero-order chi connectivity index (χ0) is 15.6. The Morgan fingerprint density at radius 2 is 2.05 bits per heavy atom. The molecule has 1 unspecified atom stereocenters. The van der Waals surface area contributed by atoms with Crippen LogP contribution in [0.5, 0.6) is 0 Å². The van der Waals surface area contributed by atoms with E-state index in [0.717, 1.165) is 11.1 Å². The van der Waals surface area contributed by atoms with Crippen molar-refractivity contribution in [2.45, 2.75) is 26.3 Å². The van der Waals surface area contributed by atoms with Gasteiger partial charge in [-0.1, -0.05) is 6.07 Å². The molecule has 3 nitrogen and oxygen atoms in total. The van der Waals surface area contributed by atoms with E-state index in [2.05, 4.69) is 26.3 Å². The first-order valence-electron chi connectivity index (χ1n) is 6.45. The molecule has 1 aromatic heterocycles. The third kappa shape index (κ3) is 3.45. The molecule has 1 atom stereocenters. The summed E-state index contributed by atoms with van der Waals surface area (Å²) in [5, 5.41) is 0. The van der Waals surface area contributed by atoms with Gasteiger partial charge in [0.15, 0.2) is 0 Å². The van der Waals surface area contributed by atoms with Crippen molar-refractivity contribution in [3.8, 4) is 0 Å². The van der Waals surface area contributed by atoms with Crippen LogP contribution >= 0.6 is 15.9 Å². The van der Waals surface area contributed by atoms with Gasteiger partial charge in [-0.25, -0.2) is 8.78 Å². The average molecular weight is 356 g/mol. The van der Waals surface area contributed by atoms with Crippen molar-refractivity contribution >= 4 is 15.9 Å². The maximum atomic E-state index is 14.1. The van der Waals surface area contributed by atoms with Gasteiger partial charge in [-0.05, 0) is 53.0 Å². The van der Waals surface area contributed by atoms with Gasteiger partial charge < -0.3 is 0 Å². The number of pyridine rings is 1. The van der Waals surface area contributed by atoms with Crippen molar-refractivity contribution in [3.05, 3.63) is 62.9 Å². The molecule has 0 fully saturated rings. The van der Waals surface area contributed by atoms with Crippen LogP contribution in [0.4, 0.5) is 8.78 Å². The Labute approximate surface area is 130 Å². The van der Waals surface area contributed by atoms with Gasteiger partial charge in [-0.2, -0.15) is 0 Å².